The number of hydrogen-bond donors (Lipinski definition) is 3. The maximum Gasteiger partial charge on any atom is 0.123 e. The molecule has 0 saturated heterocycles. The number of nitrogens with one attached hydrogen (secondary N) is 2. The largest absolute Gasteiger partial charge is 0.387 e. The number of hydrazine groups is 1. The summed E-state index contributed by atoms with van der Waals surface area (Å²) in [6.07, 6.45) is -0.737. The molecule has 0 aliphatic heterocycles. The minimum Gasteiger partial charge on any atom is -0.387 e. The zero-order valence-corrected chi connectivity index (χ0v) is 11.7. The molecule has 0 aliphatic carbocycles. The molecule has 2 aromatic carbocycles. The van der Waals surface area contributed by atoms with Crippen molar-refractivity contribution in [1.82, 2.24) is 10.9 Å². The Kier molecular flexibility index (Phi) is 5.38. The molecule has 0 aromatic heterocycles. The second-order valence-electron chi connectivity index (χ2n) is 4.87. The lowest BCUT2D eigenvalue weighted by atomic mass is 10.1. The first kappa shape index (κ1) is 15.6. The summed E-state index contributed by atoms with van der Waals surface area (Å²) in [5, 5.41) is 9.96. The summed E-state index contributed by atoms with van der Waals surface area (Å²) in [5.41, 5.74) is 7.52. The molecular weight excluding hydrogens is 274 g/mol. The Morgan fingerprint density at radius 3 is 1.90 bits per heavy atom. The molecule has 2 unspecified atom stereocenters. The fraction of sp³-hybridized carbons (Fsp3) is 0.250. The van der Waals surface area contributed by atoms with Crippen LogP contribution in [0.25, 0.3) is 0 Å². The van der Waals surface area contributed by atoms with E-state index in [-0.39, 0.29) is 24.2 Å². The number of rotatable bonds is 6. The Hall–Kier alpha value is -1.82. The molecule has 2 atom stereocenters. The van der Waals surface area contributed by atoms with Crippen LogP contribution in [0.5, 0.6) is 0 Å². The van der Waals surface area contributed by atoms with Crippen LogP contribution >= 0.6 is 0 Å². The molecule has 21 heavy (non-hydrogen) atoms. The maximum atomic E-state index is 12.8. The Balaban J connectivity index is 1.80. The van der Waals surface area contributed by atoms with Gasteiger partial charge in [0.1, 0.15) is 11.6 Å². The molecule has 0 amide bonds. The van der Waals surface area contributed by atoms with Gasteiger partial charge in [-0.1, -0.05) is 24.3 Å². The smallest absolute Gasteiger partial charge is 0.123 e. The third kappa shape index (κ3) is 4.60. The van der Waals surface area contributed by atoms with Gasteiger partial charge >= 0.3 is 0 Å². The lowest BCUT2D eigenvalue weighted by molar-refractivity contribution is 0.166. The maximum absolute atomic E-state index is 12.8. The van der Waals surface area contributed by atoms with Crippen LogP contribution in [0.2, 0.25) is 0 Å². The highest BCUT2D eigenvalue weighted by Crippen LogP contribution is 2.14. The van der Waals surface area contributed by atoms with Gasteiger partial charge in [0.05, 0.1) is 6.10 Å². The normalized spacial score (nSPS) is 13.9. The van der Waals surface area contributed by atoms with Gasteiger partial charge in [-0.25, -0.2) is 8.78 Å². The van der Waals surface area contributed by atoms with Crippen LogP contribution in [0, 0.1) is 11.6 Å². The summed E-state index contributed by atoms with van der Waals surface area (Å²) in [4.78, 5) is 0. The van der Waals surface area contributed by atoms with Crippen LogP contribution in [-0.2, 0) is 0 Å². The fourth-order valence-corrected chi connectivity index (χ4v) is 1.95. The quantitative estimate of drug-likeness (QED) is 0.717. The van der Waals surface area contributed by atoms with E-state index in [1.807, 2.05) is 6.92 Å². The standard InChI is InChI=1S/C16H18F2N2O/c1-11(12-2-6-14(17)7-3-12)20-19-10-16(21)13-4-8-15(18)9-5-13/h2-9,11,16,19-21H,10H2,1H3. The minimum absolute atomic E-state index is 0.0361. The molecule has 2 rings (SSSR count). The molecule has 0 heterocycles. The molecule has 0 aliphatic rings. The van der Waals surface area contributed by atoms with Crippen molar-refractivity contribution in [2.75, 3.05) is 6.54 Å². The number of benzene rings is 2. The molecule has 0 spiro atoms. The first-order chi connectivity index (χ1) is 10.1. The van der Waals surface area contributed by atoms with Crippen molar-refractivity contribution in [2.45, 2.75) is 19.1 Å². The van der Waals surface area contributed by atoms with Crippen LogP contribution in [0.15, 0.2) is 48.5 Å². The number of halogens is 2. The van der Waals surface area contributed by atoms with Gasteiger partial charge in [0, 0.05) is 12.6 Å². The average Bonchev–Trinajstić information content (AvgIpc) is 2.48. The van der Waals surface area contributed by atoms with E-state index in [2.05, 4.69) is 10.9 Å². The molecular formula is C16H18F2N2O. The predicted molar refractivity (Wildman–Crippen MR) is 77.3 cm³/mol. The van der Waals surface area contributed by atoms with E-state index in [0.29, 0.717) is 5.56 Å². The molecule has 0 fully saturated rings. The first-order valence-electron chi connectivity index (χ1n) is 6.73. The summed E-state index contributed by atoms with van der Waals surface area (Å²) in [7, 11) is 0. The van der Waals surface area contributed by atoms with E-state index in [0.717, 1.165) is 5.56 Å². The van der Waals surface area contributed by atoms with Gasteiger partial charge in [0.2, 0.25) is 0 Å². The predicted octanol–water partition coefficient (Wildman–Crippen LogP) is 2.85. The Morgan fingerprint density at radius 1 is 0.905 bits per heavy atom. The lowest BCUT2D eigenvalue weighted by Gasteiger charge is -2.17. The van der Waals surface area contributed by atoms with E-state index in [4.69, 9.17) is 0 Å². The Morgan fingerprint density at radius 2 is 1.38 bits per heavy atom. The molecule has 3 nitrogen and oxygen atoms in total. The van der Waals surface area contributed by atoms with Gasteiger partial charge in [-0.05, 0) is 42.3 Å². The van der Waals surface area contributed by atoms with E-state index >= 15 is 0 Å². The molecule has 112 valence electrons. The number of aliphatic hydroxyl groups is 1. The first-order valence-corrected chi connectivity index (χ1v) is 6.73. The van der Waals surface area contributed by atoms with Crippen molar-refractivity contribution in [1.29, 1.82) is 0 Å². The molecule has 0 bridgehead atoms. The van der Waals surface area contributed by atoms with Crippen molar-refractivity contribution in [2.24, 2.45) is 0 Å². The van der Waals surface area contributed by atoms with E-state index in [9.17, 15) is 13.9 Å². The summed E-state index contributed by atoms with van der Waals surface area (Å²) in [5.74, 6) is -0.604. The molecule has 3 N–H and O–H groups in total. The van der Waals surface area contributed by atoms with Crippen LogP contribution in [-0.4, -0.2) is 11.7 Å². The zero-order valence-electron chi connectivity index (χ0n) is 11.7. The number of aliphatic hydroxyl groups excluding tert-OH is 1. The zero-order chi connectivity index (χ0) is 15.2. The summed E-state index contributed by atoms with van der Waals surface area (Å²) < 4.78 is 25.6. The van der Waals surface area contributed by atoms with Gasteiger partial charge in [-0.2, -0.15) is 0 Å². The van der Waals surface area contributed by atoms with Crippen molar-refractivity contribution >= 4 is 0 Å². The fourth-order valence-electron chi connectivity index (χ4n) is 1.95. The van der Waals surface area contributed by atoms with Crippen molar-refractivity contribution < 1.29 is 13.9 Å². The topological polar surface area (TPSA) is 44.3 Å². The van der Waals surface area contributed by atoms with E-state index in [1.165, 1.54) is 24.3 Å². The molecule has 5 heteroatoms. The van der Waals surface area contributed by atoms with Gasteiger partial charge < -0.3 is 5.11 Å². The SMILES string of the molecule is CC(NNCC(O)c1ccc(F)cc1)c1ccc(F)cc1. The van der Waals surface area contributed by atoms with E-state index < -0.39 is 6.10 Å². The second-order valence-corrected chi connectivity index (χ2v) is 4.87. The third-order valence-electron chi connectivity index (χ3n) is 3.24. The summed E-state index contributed by atoms with van der Waals surface area (Å²) in [6, 6.07) is 11.9. The average molecular weight is 292 g/mol. The van der Waals surface area contributed by atoms with Crippen LogP contribution < -0.4 is 10.9 Å². The van der Waals surface area contributed by atoms with Crippen molar-refractivity contribution in [3.05, 3.63) is 71.3 Å². The van der Waals surface area contributed by atoms with Crippen LogP contribution in [0.3, 0.4) is 0 Å². The molecule has 0 radical (unpaired) electrons. The highest BCUT2D eigenvalue weighted by atomic mass is 19.1. The highest BCUT2D eigenvalue weighted by Gasteiger charge is 2.09. The monoisotopic (exact) mass is 292 g/mol. The molecule has 2 aromatic rings. The third-order valence-corrected chi connectivity index (χ3v) is 3.24. The van der Waals surface area contributed by atoms with Crippen LogP contribution in [0.1, 0.15) is 30.2 Å². The van der Waals surface area contributed by atoms with Crippen molar-refractivity contribution in [3.63, 3.8) is 0 Å². The highest BCUT2D eigenvalue weighted by molar-refractivity contribution is 5.20. The van der Waals surface area contributed by atoms with E-state index in [1.54, 1.807) is 24.3 Å². The second kappa shape index (κ2) is 7.26. The van der Waals surface area contributed by atoms with Gasteiger partial charge in [-0.15, -0.1) is 0 Å². The Bertz CT molecular complexity index is 506. The summed E-state index contributed by atoms with van der Waals surface area (Å²) in [6.45, 7) is 2.20. The summed E-state index contributed by atoms with van der Waals surface area (Å²) >= 11 is 0. The van der Waals surface area contributed by atoms with Gasteiger partial charge in [0.25, 0.3) is 0 Å². The molecule has 0 saturated carbocycles. The minimum atomic E-state index is -0.737. The Labute approximate surface area is 122 Å². The lowest BCUT2D eigenvalue weighted by Crippen LogP contribution is -2.37. The van der Waals surface area contributed by atoms with Gasteiger partial charge in [0.15, 0.2) is 0 Å². The van der Waals surface area contributed by atoms with Crippen molar-refractivity contribution in [3.8, 4) is 0 Å². The van der Waals surface area contributed by atoms with Gasteiger partial charge in [-0.3, -0.25) is 10.9 Å². The number of hydrogen-bond acceptors (Lipinski definition) is 3. The van der Waals surface area contributed by atoms with Crippen LogP contribution in [0.4, 0.5) is 8.78 Å².